The van der Waals surface area contributed by atoms with Gasteiger partial charge in [-0.05, 0) is 41.8 Å². The molecule has 1 atom stereocenters. The molecular weight excluding hydrogens is 367 g/mol. The maximum atomic E-state index is 13.0. The van der Waals surface area contributed by atoms with Crippen molar-refractivity contribution in [2.24, 2.45) is 0 Å². The summed E-state index contributed by atoms with van der Waals surface area (Å²) in [7, 11) is 0. The van der Waals surface area contributed by atoms with Crippen molar-refractivity contribution in [3.8, 4) is 11.1 Å². The van der Waals surface area contributed by atoms with Crippen LogP contribution in [-0.2, 0) is 4.79 Å². The number of halogens is 1. The Bertz CT molecular complexity index is 882. The molecule has 2 aromatic rings. The maximum Gasteiger partial charge on any atom is 0.289 e. The lowest BCUT2D eigenvalue weighted by Gasteiger charge is -2.22. The van der Waals surface area contributed by atoms with E-state index in [9.17, 15) is 18.8 Å². The first-order valence-electron chi connectivity index (χ1n) is 8.67. The van der Waals surface area contributed by atoms with Crippen LogP contribution in [-0.4, -0.2) is 51.7 Å². The van der Waals surface area contributed by atoms with Crippen molar-refractivity contribution < 1.29 is 18.8 Å². The van der Waals surface area contributed by atoms with Crippen molar-refractivity contribution in [3.63, 3.8) is 0 Å². The molecule has 27 heavy (non-hydrogen) atoms. The number of carbonyl (C=O) groups excluding carboxylic acids is 3. The van der Waals surface area contributed by atoms with Crippen molar-refractivity contribution in [3.05, 3.63) is 59.9 Å². The van der Waals surface area contributed by atoms with Crippen LogP contribution in [0.15, 0.2) is 48.5 Å². The average Bonchev–Trinajstić information content (AvgIpc) is 3.28. The number of rotatable bonds is 3. The zero-order chi connectivity index (χ0) is 19.0. The largest absolute Gasteiger partial charge is 0.336 e. The fraction of sp³-hybridized carbons (Fsp3) is 0.250. The minimum atomic E-state index is -0.289. The van der Waals surface area contributed by atoms with E-state index < -0.39 is 0 Å². The van der Waals surface area contributed by atoms with Crippen molar-refractivity contribution in [1.29, 1.82) is 0 Å². The van der Waals surface area contributed by atoms with Gasteiger partial charge in [0.1, 0.15) is 5.82 Å². The average molecular weight is 384 g/mol. The van der Waals surface area contributed by atoms with Crippen molar-refractivity contribution in [2.75, 3.05) is 18.8 Å². The lowest BCUT2D eigenvalue weighted by Crippen LogP contribution is -2.41. The third kappa shape index (κ3) is 3.47. The Morgan fingerprint density at radius 1 is 1.00 bits per heavy atom. The van der Waals surface area contributed by atoms with E-state index in [1.54, 1.807) is 29.2 Å². The van der Waals surface area contributed by atoms with Gasteiger partial charge < -0.3 is 4.90 Å². The second kappa shape index (κ2) is 7.15. The third-order valence-corrected chi connectivity index (χ3v) is 5.74. The Kier molecular flexibility index (Phi) is 4.70. The molecule has 7 heteroatoms. The van der Waals surface area contributed by atoms with Crippen molar-refractivity contribution in [2.45, 2.75) is 12.5 Å². The molecule has 2 fully saturated rings. The van der Waals surface area contributed by atoms with Gasteiger partial charge in [0.05, 0.1) is 11.8 Å². The number of carbonyl (C=O) groups is 3. The van der Waals surface area contributed by atoms with Crippen LogP contribution < -0.4 is 0 Å². The van der Waals surface area contributed by atoms with E-state index in [1.807, 2.05) is 12.1 Å². The zero-order valence-electron chi connectivity index (χ0n) is 14.4. The smallest absolute Gasteiger partial charge is 0.289 e. The van der Waals surface area contributed by atoms with Gasteiger partial charge in [0, 0.05) is 18.7 Å². The summed E-state index contributed by atoms with van der Waals surface area (Å²) in [5.74, 6) is -0.390. The van der Waals surface area contributed by atoms with Gasteiger partial charge in [-0.25, -0.2) is 4.39 Å². The standard InChI is InChI=1S/C20H17FN2O3S/c21-16-7-5-14(6-8-16)13-1-3-15(4-2-13)19(25)22-10-9-17(11-22)23-18(24)12-27-20(23)26/h1-8,17H,9-12H2. The molecule has 0 spiro atoms. The molecule has 2 saturated heterocycles. The molecular formula is C20H17FN2O3S. The molecule has 0 bridgehead atoms. The normalized spacial score (nSPS) is 19.8. The first-order chi connectivity index (χ1) is 13.0. The van der Waals surface area contributed by atoms with Crippen LogP contribution in [0, 0.1) is 5.82 Å². The van der Waals surface area contributed by atoms with Gasteiger partial charge in [-0.15, -0.1) is 0 Å². The minimum Gasteiger partial charge on any atom is -0.336 e. The molecule has 5 nitrogen and oxygen atoms in total. The predicted molar refractivity (Wildman–Crippen MR) is 101 cm³/mol. The topological polar surface area (TPSA) is 57.7 Å². The molecule has 3 amide bonds. The highest BCUT2D eigenvalue weighted by molar-refractivity contribution is 8.14. The second-order valence-electron chi connectivity index (χ2n) is 6.60. The molecule has 4 rings (SSSR count). The molecule has 1 unspecified atom stereocenters. The summed E-state index contributed by atoms with van der Waals surface area (Å²) in [6.07, 6.45) is 0.609. The molecule has 0 N–H and O–H groups in total. The molecule has 0 aromatic heterocycles. The lowest BCUT2D eigenvalue weighted by atomic mass is 10.0. The number of thioether (sulfide) groups is 1. The van der Waals surface area contributed by atoms with Crippen LogP contribution in [0.5, 0.6) is 0 Å². The van der Waals surface area contributed by atoms with E-state index in [2.05, 4.69) is 0 Å². The van der Waals surface area contributed by atoms with E-state index in [0.29, 0.717) is 25.1 Å². The van der Waals surface area contributed by atoms with Gasteiger partial charge in [0.15, 0.2) is 0 Å². The van der Waals surface area contributed by atoms with Gasteiger partial charge in [0.2, 0.25) is 5.91 Å². The van der Waals surface area contributed by atoms with Crippen LogP contribution in [0.1, 0.15) is 16.8 Å². The molecule has 0 radical (unpaired) electrons. The van der Waals surface area contributed by atoms with Crippen LogP contribution in [0.25, 0.3) is 11.1 Å². The van der Waals surface area contributed by atoms with Gasteiger partial charge in [-0.1, -0.05) is 36.0 Å². The quantitative estimate of drug-likeness (QED) is 0.814. The summed E-state index contributed by atoms with van der Waals surface area (Å²) in [4.78, 5) is 39.4. The summed E-state index contributed by atoms with van der Waals surface area (Å²) in [5.41, 5.74) is 2.33. The highest BCUT2D eigenvalue weighted by Crippen LogP contribution is 2.27. The van der Waals surface area contributed by atoms with Gasteiger partial charge in [-0.2, -0.15) is 0 Å². The summed E-state index contributed by atoms with van der Waals surface area (Å²) in [6, 6.07) is 13.1. The second-order valence-corrected chi connectivity index (χ2v) is 7.52. The first-order valence-corrected chi connectivity index (χ1v) is 9.65. The summed E-state index contributed by atoms with van der Waals surface area (Å²) < 4.78 is 13.0. The molecule has 2 aliphatic rings. The number of hydrogen-bond acceptors (Lipinski definition) is 4. The monoisotopic (exact) mass is 384 g/mol. The molecule has 2 aromatic carbocycles. The van der Waals surface area contributed by atoms with Crippen molar-refractivity contribution in [1.82, 2.24) is 9.80 Å². The van der Waals surface area contributed by atoms with E-state index in [0.717, 1.165) is 22.9 Å². The van der Waals surface area contributed by atoms with E-state index >= 15 is 0 Å². The number of benzene rings is 2. The van der Waals surface area contributed by atoms with Gasteiger partial charge in [-0.3, -0.25) is 19.3 Å². The Morgan fingerprint density at radius 2 is 1.63 bits per heavy atom. The molecule has 2 aliphatic heterocycles. The molecule has 0 saturated carbocycles. The number of nitrogens with zero attached hydrogens (tertiary/aromatic N) is 2. The Labute approximate surface area is 160 Å². The fourth-order valence-corrected chi connectivity index (χ4v) is 4.26. The van der Waals surface area contributed by atoms with E-state index in [1.165, 1.54) is 17.0 Å². The minimum absolute atomic E-state index is 0.116. The van der Waals surface area contributed by atoms with Crippen molar-refractivity contribution >= 4 is 28.8 Å². The Balaban J connectivity index is 1.45. The number of hydrogen-bond donors (Lipinski definition) is 0. The van der Waals surface area contributed by atoms with Crippen LogP contribution >= 0.6 is 11.8 Å². The zero-order valence-corrected chi connectivity index (χ0v) is 15.2. The van der Waals surface area contributed by atoms with E-state index in [4.69, 9.17) is 0 Å². The summed E-state index contributed by atoms with van der Waals surface area (Å²) in [6.45, 7) is 0.890. The fourth-order valence-electron chi connectivity index (χ4n) is 3.48. The summed E-state index contributed by atoms with van der Waals surface area (Å²) >= 11 is 1.02. The van der Waals surface area contributed by atoms with Crippen LogP contribution in [0.2, 0.25) is 0 Å². The van der Waals surface area contributed by atoms with E-state index in [-0.39, 0.29) is 34.7 Å². The third-order valence-electron chi connectivity index (χ3n) is 4.91. The predicted octanol–water partition coefficient (Wildman–Crippen LogP) is 3.40. The van der Waals surface area contributed by atoms with Gasteiger partial charge in [0.25, 0.3) is 11.1 Å². The highest BCUT2D eigenvalue weighted by Gasteiger charge is 2.40. The lowest BCUT2D eigenvalue weighted by molar-refractivity contribution is -0.126. The Morgan fingerprint density at radius 3 is 2.22 bits per heavy atom. The van der Waals surface area contributed by atoms with Crippen LogP contribution in [0.4, 0.5) is 9.18 Å². The molecule has 138 valence electrons. The number of imide groups is 1. The SMILES string of the molecule is O=C(c1ccc(-c2ccc(F)cc2)cc1)N1CCC(N2C(=O)CSC2=O)C1. The maximum absolute atomic E-state index is 13.0. The molecule has 2 heterocycles. The number of likely N-dealkylation sites (tertiary alicyclic amines) is 1. The Hall–Kier alpha value is -2.67. The van der Waals surface area contributed by atoms with Crippen LogP contribution in [0.3, 0.4) is 0 Å². The first kappa shape index (κ1) is 17.7. The number of amides is 3. The molecule has 0 aliphatic carbocycles. The highest BCUT2D eigenvalue weighted by atomic mass is 32.2. The van der Waals surface area contributed by atoms with Gasteiger partial charge >= 0.3 is 0 Å². The summed E-state index contributed by atoms with van der Waals surface area (Å²) in [5, 5.41) is -0.219.